The van der Waals surface area contributed by atoms with Crippen LogP contribution in [0.5, 0.6) is 0 Å². The molecule has 1 fully saturated rings. The quantitative estimate of drug-likeness (QED) is 0.725. The molecule has 1 aromatic heterocycles. The fourth-order valence-electron chi connectivity index (χ4n) is 1.98. The highest BCUT2D eigenvalue weighted by Gasteiger charge is 2.37. The van der Waals surface area contributed by atoms with Crippen molar-refractivity contribution in [3.63, 3.8) is 0 Å². The van der Waals surface area contributed by atoms with Crippen LogP contribution < -0.4 is 0 Å². The van der Waals surface area contributed by atoms with Gasteiger partial charge >= 0.3 is 0 Å². The van der Waals surface area contributed by atoms with Crippen molar-refractivity contribution >= 4 is 12.2 Å². The molecular formula is C10H16N2OS. The highest BCUT2D eigenvalue weighted by Crippen LogP contribution is 2.37. The lowest BCUT2D eigenvalue weighted by Gasteiger charge is -2.25. The van der Waals surface area contributed by atoms with Gasteiger partial charge in [-0.1, -0.05) is 13.8 Å². The van der Waals surface area contributed by atoms with E-state index in [2.05, 4.69) is 29.6 Å². The van der Waals surface area contributed by atoms with E-state index in [1.165, 1.54) is 0 Å². The van der Waals surface area contributed by atoms with Crippen LogP contribution in [-0.4, -0.2) is 22.8 Å². The smallest absolute Gasteiger partial charge is 0.177 e. The first-order valence-electron chi connectivity index (χ1n) is 4.86. The van der Waals surface area contributed by atoms with Gasteiger partial charge in [0.1, 0.15) is 0 Å². The van der Waals surface area contributed by atoms with Gasteiger partial charge in [-0.3, -0.25) is 0 Å². The van der Waals surface area contributed by atoms with Gasteiger partial charge in [-0.15, -0.1) is 0 Å². The Morgan fingerprint density at radius 3 is 2.79 bits per heavy atom. The van der Waals surface area contributed by atoms with Gasteiger partial charge < -0.3 is 14.3 Å². The zero-order chi connectivity index (χ0) is 10.3. The topological polar surface area (TPSA) is 29.9 Å². The molecule has 1 N–H and O–H groups in total. The van der Waals surface area contributed by atoms with Gasteiger partial charge in [0.05, 0.1) is 19.3 Å². The van der Waals surface area contributed by atoms with E-state index < -0.39 is 0 Å². The van der Waals surface area contributed by atoms with Crippen molar-refractivity contribution in [3.05, 3.63) is 16.7 Å². The minimum atomic E-state index is 0.173. The molecule has 0 saturated carbocycles. The van der Waals surface area contributed by atoms with E-state index in [1.807, 2.05) is 6.92 Å². The van der Waals surface area contributed by atoms with Crippen LogP contribution in [0.25, 0.3) is 0 Å². The molecule has 0 aliphatic carbocycles. The third kappa shape index (κ3) is 1.53. The number of hydrogen-bond acceptors (Lipinski definition) is 2. The molecule has 1 atom stereocenters. The third-order valence-corrected chi connectivity index (χ3v) is 3.17. The minimum absolute atomic E-state index is 0.173. The molecule has 1 unspecified atom stereocenters. The van der Waals surface area contributed by atoms with Crippen LogP contribution in [0, 0.1) is 17.1 Å². The summed E-state index contributed by atoms with van der Waals surface area (Å²) < 4.78 is 8.43. The predicted molar refractivity (Wildman–Crippen MR) is 58.0 cm³/mol. The lowest BCUT2D eigenvalue weighted by molar-refractivity contribution is 0.166. The number of aryl methyl sites for hydroxylation is 1. The summed E-state index contributed by atoms with van der Waals surface area (Å²) in [6, 6.07) is 0.361. The van der Waals surface area contributed by atoms with Crippen LogP contribution in [0.1, 0.15) is 25.6 Å². The number of nitrogens with zero attached hydrogens (tertiary/aromatic N) is 1. The summed E-state index contributed by atoms with van der Waals surface area (Å²) >= 11 is 5.26. The SMILES string of the molecule is Cc1cn(C2COCC2(C)C)c(=S)[nH]1. The molecule has 0 radical (unpaired) electrons. The van der Waals surface area contributed by atoms with Gasteiger partial charge in [-0.05, 0) is 19.1 Å². The predicted octanol–water partition coefficient (Wildman–Crippen LogP) is 2.45. The second kappa shape index (κ2) is 3.21. The van der Waals surface area contributed by atoms with E-state index in [4.69, 9.17) is 17.0 Å². The van der Waals surface area contributed by atoms with Crippen molar-refractivity contribution in [2.24, 2.45) is 5.41 Å². The van der Waals surface area contributed by atoms with Gasteiger partial charge in [0, 0.05) is 17.3 Å². The number of aromatic amines is 1. The molecule has 1 aromatic rings. The summed E-state index contributed by atoms with van der Waals surface area (Å²) in [5.41, 5.74) is 1.28. The first kappa shape index (κ1) is 9.93. The van der Waals surface area contributed by atoms with Gasteiger partial charge in [-0.2, -0.15) is 0 Å². The second-order valence-electron chi connectivity index (χ2n) is 4.67. The largest absolute Gasteiger partial charge is 0.379 e. The fourth-order valence-corrected chi connectivity index (χ4v) is 2.32. The van der Waals surface area contributed by atoms with Crippen molar-refractivity contribution < 1.29 is 4.74 Å². The van der Waals surface area contributed by atoms with Crippen LogP contribution in [0.15, 0.2) is 6.20 Å². The Labute approximate surface area is 89.1 Å². The molecule has 78 valence electrons. The summed E-state index contributed by atoms with van der Waals surface area (Å²) in [7, 11) is 0. The van der Waals surface area contributed by atoms with E-state index in [-0.39, 0.29) is 5.41 Å². The Kier molecular flexibility index (Phi) is 2.27. The standard InChI is InChI=1S/C10H16N2OS/c1-7-4-12(9(14)11-7)8-5-13-6-10(8,2)3/h4,8H,5-6H2,1-3H3,(H,11,14). The molecule has 1 aliphatic rings. The number of aromatic nitrogens is 2. The Morgan fingerprint density at radius 1 is 1.64 bits per heavy atom. The fraction of sp³-hybridized carbons (Fsp3) is 0.700. The summed E-state index contributed by atoms with van der Waals surface area (Å²) in [6.45, 7) is 8.03. The van der Waals surface area contributed by atoms with E-state index in [0.717, 1.165) is 23.7 Å². The number of ether oxygens (including phenoxy) is 1. The summed E-state index contributed by atoms with van der Waals surface area (Å²) in [4.78, 5) is 3.14. The maximum absolute atomic E-state index is 5.51. The van der Waals surface area contributed by atoms with E-state index in [1.54, 1.807) is 0 Å². The molecule has 0 bridgehead atoms. The van der Waals surface area contributed by atoms with Gasteiger partial charge in [0.25, 0.3) is 0 Å². The summed E-state index contributed by atoms with van der Waals surface area (Å²) in [5, 5.41) is 0. The molecule has 0 amide bonds. The Hall–Kier alpha value is -0.610. The molecular weight excluding hydrogens is 196 g/mol. The van der Waals surface area contributed by atoms with Gasteiger partial charge in [0.15, 0.2) is 4.77 Å². The minimum Gasteiger partial charge on any atom is -0.379 e. The Bertz CT molecular complexity index is 391. The normalized spacial score (nSPS) is 25.5. The molecule has 2 heterocycles. The van der Waals surface area contributed by atoms with Crippen molar-refractivity contribution in [1.82, 2.24) is 9.55 Å². The highest BCUT2D eigenvalue weighted by atomic mass is 32.1. The summed E-state index contributed by atoms with van der Waals surface area (Å²) in [6.07, 6.45) is 2.07. The van der Waals surface area contributed by atoms with E-state index in [0.29, 0.717) is 6.04 Å². The van der Waals surface area contributed by atoms with E-state index in [9.17, 15) is 0 Å². The molecule has 2 rings (SSSR count). The maximum atomic E-state index is 5.51. The molecule has 3 nitrogen and oxygen atoms in total. The molecule has 14 heavy (non-hydrogen) atoms. The lowest BCUT2D eigenvalue weighted by atomic mass is 9.88. The highest BCUT2D eigenvalue weighted by molar-refractivity contribution is 7.71. The van der Waals surface area contributed by atoms with Crippen LogP contribution >= 0.6 is 12.2 Å². The van der Waals surface area contributed by atoms with Crippen molar-refractivity contribution in [2.45, 2.75) is 26.8 Å². The molecule has 0 aromatic carbocycles. The summed E-state index contributed by atoms with van der Waals surface area (Å²) in [5.74, 6) is 0. The van der Waals surface area contributed by atoms with Crippen LogP contribution in [0.2, 0.25) is 0 Å². The number of hydrogen-bond donors (Lipinski definition) is 1. The number of nitrogens with one attached hydrogen (secondary N) is 1. The molecule has 1 aliphatic heterocycles. The van der Waals surface area contributed by atoms with Crippen molar-refractivity contribution in [3.8, 4) is 0 Å². The molecule has 1 saturated heterocycles. The first-order chi connectivity index (χ1) is 6.50. The van der Waals surface area contributed by atoms with E-state index >= 15 is 0 Å². The zero-order valence-corrected chi connectivity index (χ0v) is 9.65. The first-order valence-corrected chi connectivity index (χ1v) is 5.27. The number of H-pyrrole nitrogens is 1. The Morgan fingerprint density at radius 2 is 2.36 bits per heavy atom. The van der Waals surface area contributed by atoms with Crippen LogP contribution in [-0.2, 0) is 4.74 Å². The van der Waals surface area contributed by atoms with Crippen LogP contribution in [0.4, 0.5) is 0 Å². The molecule has 0 spiro atoms. The average molecular weight is 212 g/mol. The van der Waals surface area contributed by atoms with Gasteiger partial charge in [-0.25, -0.2) is 0 Å². The lowest BCUT2D eigenvalue weighted by Crippen LogP contribution is -2.25. The monoisotopic (exact) mass is 212 g/mol. The van der Waals surface area contributed by atoms with Crippen LogP contribution in [0.3, 0.4) is 0 Å². The van der Waals surface area contributed by atoms with Crippen molar-refractivity contribution in [1.29, 1.82) is 0 Å². The third-order valence-electron chi connectivity index (χ3n) is 2.86. The van der Waals surface area contributed by atoms with Crippen molar-refractivity contribution in [2.75, 3.05) is 13.2 Å². The second-order valence-corrected chi connectivity index (χ2v) is 5.06. The average Bonchev–Trinajstić information content (AvgIpc) is 2.54. The molecule has 4 heteroatoms. The number of imidazole rings is 1. The van der Waals surface area contributed by atoms with Gasteiger partial charge in [0.2, 0.25) is 0 Å². The maximum Gasteiger partial charge on any atom is 0.177 e. The number of rotatable bonds is 1. The zero-order valence-electron chi connectivity index (χ0n) is 8.83. The Balaban J connectivity index is 2.40.